The van der Waals surface area contributed by atoms with Gasteiger partial charge in [0.1, 0.15) is 0 Å². The number of rotatable bonds is 5. The molecule has 1 aromatic carbocycles. The number of esters is 1. The number of carbonyl (C=O) groups excluding carboxylic acids is 2. The minimum atomic E-state index is -0.381. The first-order valence-electron chi connectivity index (χ1n) is 5.78. The average Bonchev–Trinajstić information content (AvgIpc) is 2.38. The van der Waals surface area contributed by atoms with Crippen LogP contribution in [0, 0.1) is 0 Å². The maximum atomic E-state index is 11.7. The molecule has 0 saturated heterocycles. The van der Waals surface area contributed by atoms with Crippen molar-refractivity contribution in [1.29, 1.82) is 0 Å². The molecule has 0 bridgehead atoms. The predicted molar refractivity (Wildman–Crippen MR) is 69.7 cm³/mol. The van der Waals surface area contributed by atoms with Crippen molar-refractivity contribution >= 4 is 17.6 Å². The van der Waals surface area contributed by atoms with Crippen LogP contribution in [0.25, 0.3) is 0 Å². The van der Waals surface area contributed by atoms with Crippen LogP contribution in [-0.2, 0) is 9.53 Å². The van der Waals surface area contributed by atoms with Gasteiger partial charge in [-0.15, -0.1) is 0 Å². The quantitative estimate of drug-likeness (QED) is 0.793. The number of amides is 1. The summed E-state index contributed by atoms with van der Waals surface area (Å²) in [6, 6.07) is 6.81. The third-order valence-corrected chi connectivity index (χ3v) is 2.45. The van der Waals surface area contributed by atoms with Crippen molar-refractivity contribution < 1.29 is 14.3 Å². The summed E-state index contributed by atoms with van der Waals surface area (Å²) in [7, 11) is 3.38. The topological polar surface area (TPSA) is 58.6 Å². The molecule has 1 N–H and O–H groups in total. The van der Waals surface area contributed by atoms with Crippen LogP contribution in [0.4, 0.5) is 5.69 Å². The summed E-state index contributed by atoms with van der Waals surface area (Å²) in [5.41, 5.74) is 1.11. The third-order valence-electron chi connectivity index (χ3n) is 2.45. The highest BCUT2D eigenvalue weighted by molar-refractivity contribution is 5.96. The van der Waals surface area contributed by atoms with E-state index in [1.54, 1.807) is 45.3 Å². The van der Waals surface area contributed by atoms with Gasteiger partial charge in [0.25, 0.3) is 0 Å². The second kappa shape index (κ2) is 6.76. The Labute approximate surface area is 107 Å². The smallest absolute Gasteiger partial charge is 0.338 e. The van der Waals surface area contributed by atoms with Gasteiger partial charge in [-0.05, 0) is 32.2 Å². The molecule has 5 heteroatoms. The molecule has 0 aliphatic heterocycles. The lowest BCUT2D eigenvalue weighted by molar-refractivity contribution is -0.117. The molecule has 0 radical (unpaired) electrons. The second-order valence-corrected chi connectivity index (χ2v) is 3.75. The molecule has 0 aliphatic rings. The Bertz CT molecular complexity index is 432. The highest BCUT2D eigenvalue weighted by Crippen LogP contribution is 2.15. The number of likely N-dealkylation sites (N-methyl/N-ethyl adjacent to an activating group) is 2. The summed E-state index contributed by atoms with van der Waals surface area (Å²) in [5.74, 6) is -0.452. The maximum Gasteiger partial charge on any atom is 0.338 e. The van der Waals surface area contributed by atoms with Crippen molar-refractivity contribution in [2.24, 2.45) is 0 Å². The zero-order chi connectivity index (χ0) is 13.5. The number of hydrogen-bond donors (Lipinski definition) is 1. The fraction of sp³-hybridized carbons (Fsp3) is 0.385. The Morgan fingerprint density at radius 1 is 1.39 bits per heavy atom. The molecular weight excluding hydrogens is 232 g/mol. The minimum absolute atomic E-state index is 0.0708. The lowest BCUT2D eigenvalue weighted by Gasteiger charge is -2.17. The maximum absolute atomic E-state index is 11.7. The Morgan fingerprint density at radius 3 is 2.72 bits per heavy atom. The fourth-order valence-electron chi connectivity index (χ4n) is 1.47. The van der Waals surface area contributed by atoms with Crippen LogP contribution in [-0.4, -0.2) is 39.1 Å². The number of nitrogens with zero attached hydrogens (tertiary/aromatic N) is 1. The summed E-state index contributed by atoms with van der Waals surface area (Å²) in [6.07, 6.45) is 0. The molecule has 0 aliphatic carbocycles. The first-order chi connectivity index (χ1) is 8.60. The molecule has 1 rings (SSSR count). The normalized spacial score (nSPS) is 9.94. The van der Waals surface area contributed by atoms with Gasteiger partial charge in [-0.2, -0.15) is 0 Å². The van der Waals surface area contributed by atoms with E-state index in [9.17, 15) is 9.59 Å². The van der Waals surface area contributed by atoms with E-state index < -0.39 is 0 Å². The molecule has 5 nitrogen and oxygen atoms in total. The van der Waals surface area contributed by atoms with Crippen molar-refractivity contribution in [3.63, 3.8) is 0 Å². The van der Waals surface area contributed by atoms with Gasteiger partial charge in [-0.25, -0.2) is 4.79 Å². The van der Waals surface area contributed by atoms with Gasteiger partial charge in [0.2, 0.25) is 5.91 Å². The number of hydrogen-bond acceptors (Lipinski definition) is 4. The SMILES string of the molecule is CCOC(=O)c1cccc(N(C)C(=O)CNC)c1. The van der Waals surface area contributed by atoms with Crippen LogP contribution in [0.5, 0.6) is 0 Å². The summed E-state index contributed by atoms with van der Waals surface area (Å²) in [5, 5.41) is 2.79. The van der Waals surface area contributed by atoms with Gasteiger partial charge in [0.05, 0.1) is 18.7 Å². The van der Waals surface area contributed by atoms with Gasteiger partial charge >= 0.3 is 5.97 Å². The minimum Gasteiger partial charge on any atom is -0.462 e. The van der Waals surface area contributed by atoms with Crippen LogP contribution < -0.4 is 10.2 Å². The number of carbonyl (C=O) groups is 2. The summed E-state index contributed by atoms with van der Waals surface area (Å²) < 4.78 is 4.92. The first kappa shape index (κ1) is 14.2. The lowest BCUT2D eigenvalue weighted by atomic mass is 10.2. The zero-order valence-electron chi connectivity index (χ0n) is 10.9. The van der Waals surface area contributed by atoms with Gasteiger partial charge in [-0.3, -0.25) is 4.79 Å². The highest BCUT2D eigenvalue weighted by atomic mass is 16.5. The van der Waals surface area contributed by atoms with Crippen molar-refractivity contribution in [3.8, 4) is 0 Å². The number of anilines is 1. The van der Waals surface area contributed by atoms with Gasteiger partial charge in [0, 0.05) is 12.7 Å². The fourth-order valence-corrected chi connectivity index (χ4v) is 1.47. The van der Waals surface area contributed by atoms with Crippen molar-refractivity contribution in [3.05, 3.63) is 29.8 Å². The Hall–Kier alpha value is -1.88. The molecule has 18 heavy (non-hydrogen) atoms. The summed E-state index contributed by atoms with van der Waals surface area (Å²) >= 11 is 0. The lowest BCUT2D eigenvalue weighted by Crippen LogP contribution is -2.34. The van der Waals surface area contributed by atoms with E-state index in [1.807, 2.05) is 0 Å². The van der Waals surface area contributed by atoms with E-state index in [-0.39, 0.29) is 18.4 Å². The van der Waals surface area contributed by atoms with Crippen molar-refractivity contribution in [2.45, 2.75) is 6.92 Å². The van der Waals surface area contributed by atoms with E-state index in [2.05, 4.69) is 5.32 Å². The average molecular weight is 250 g/mol. The predicted octanol–water partition coefficient (Wildman–Crippen LogP) is 1.05. The third kappa shape index (κ3) is 3.56. The summed E-state index contributed by atoms with van der Waals surface area (Å²) in [4.78, 5) is 24.8. The van der Waals surface area contributed by atoms with E-state index >= 15 is 0 Å². The van der Waals surface area contributed by atoms with Crippen LogP contribution in [0.2, 0.25) is 0 Å². The van der Waals surface area contributed by atoms with Gasteiger partial charge in [0.15, 0.2) is 0 Å². The monoisotopic (exact) mass is 250 g/mol. The highest BCUT2D eigenvalue weighted by Gasteiger charge is 2.12. The van der Waals surface area contributed by atoms with Gasteiger partial charge in [-0.1, -0.05) is 6.07 Å². The number of ether oxygens (including phenoxy) is 1. The molecule has 0 atom stereocenters. The molecule has 0 spiro atoms. The molecule has 0 unspecified atom stereocenters. The van der Waals surface area contributed by atoms with E-state index in [4.69, 9.17) is 4.74 Å². The van der Waals surface area contributed by atoms with Crippen molar-refractivity contribution in [1.82, 2.24) is 5.32 Å². The summed E-state index contributed by atoms with van der Waals surface area (Å²) in [6.45, 7) is 2.34. The molecule has 0 fully saturated rings. The number of nitrogens with one attached hydrogen (secondary N) is 1. The molecular formula is C13H18N2O3. The molecule has 0 saturated carbocycles. The Balaban J connectivity index is 2.87. The molecule has 1 amide bonds. The molecule has 1 aromatic rings. The zero-order valence-corrected chi connectivity index (χ0v) is 10.9. The molecule has 98 valence electrons. The Morgan fingerprint density at radius 2 is 2.11 bits per heavy atom. The van der Waals surface area contributed by atoms with Crippen LogP contribution >= 0.6 is 0 Å². The van der Waals surface area contributed by atoms with Crippen LogP contribution in [0.1, 0.15) is 17.3 Å². The first-order valence-corrected chi connectivity index (χ1v) is 5.78. The van der Waals surface area contributed by atoms with Crippen LogP contribution in [0.15, 0.2) is 24.3 Å². The standard InChI is InChI=1S/C13H18N2O3/c1-4-18-13(17)10-6-5-7-11(8-10)15(3)12(16)9-14-2/h5-8,14H,4,9H2,1-3H3. The van der Waals surface area contributed by atoms with Gasteiger partial charge < -0.3 is 15.0 Å². The van der Waals surface area contributed by atoms with E-state index in [0.29, 0.717) is 17.9 Å². The number of benzene rings is 1. The van der Waals surface area contributed by atoms with E-state index in [0.717, 1.165) is 0 Å². The largest absolute Gasteiger partial charge is 0.462 e. The Kier molecular flexibility index (Phi) is 5.32. The van der Waals surface area contributed by atoms with Crippen molar-refractivity contribution in [2.75, 3.05) is 32.1 Å². The second-order valence-electron chi connectivity index (χ2n) is 3.75. The molecule has 0 heterocycles. The van der Waals surface area contributed by atoms with E-state index in [1.165, 1.54) is 4.90 Å². The van der Waals surface area contributed by atoms with Crippen LogP contribution in [0.3, 0.4) is 0 Å². The molecule has 0 aromatic heterocycles.